The van der Waals surface area contributed by atoms with Crippen LogP contribution in [0.2, 0.25) is 0 Å². The predicted octanol–water partition coefficient (Wildman–Crippen LogP) is 2.12. The molecular weight excluding hydrogens is 298 g/mol. The van der Waals surface area contributed by atoms with Gasteiger partial charge in [-0.3, -0.25) is 4.79 Å². The van der Waals surface area contributed by atoms with Crippen molar-refractivity contribution >= 4 is 21.9 Å². The summed E-state index contributed by atoms with van der Waals surface area (Å²) in [7, 11) is 0. The molecule has 2 heterocycles. The van der Waals surface area contributed by atoms with Crippen molar-refractivity contribution in [1.29, 1.82) is 0 Å². The molecule has 0 aliphatic carbocycles. The molecule has 1 fully saturated rings. The first-order valence-electron chi connectivity index (χ1n) is 6.06. The summed E-state index contributed by atoms with van der Waals surface area (Å²) >= 11 is 3.52. The minimum absolute atomic E-state index is 0.133. The highest BCUT2D eigenvalue weighted by molar-refractivity contribution is 9.10. The van der Waals surface area contributed by atoms with E-state index in [4.69, 9.17) is 9.84 Å². The van der Waals surface area contributed by atoms with Crippen molar-refractivity contribution in [2.75, 3.05) is 13.2 Å². The minimum atomic E-state index is -0.714. The quantitative estimate of drug-likeness (QED) is 0.878. The van der Waals surface area contributed by atoms with Gasteiger partial charge < -0.3 is 15.2 Å². The molecule has 0 amide bonds. The number of nitrogens with one attached hydrogen (secondary N) is 1. The fourth-order valence-electron chi connectivity index (χ4n) is 2.66. The lowest BCUT2D eigenvalue weighted by molar-refractivity contribution is -0.141. The number of hydrogen-bond acceptors (Lipinski definition) is 3. The largest absolute Gasteiger partial charge is 0.492 e. The Morgan fingerprint density at radius 3 is 3.06 bits per heavy atom. The molecule has 3 rings (SSSR count). The van der Waals surface area contributed by atoms with E-state index in [9.17, 15) is 4.79 Å². The van der Waals surface area contributed by atoms with E-state index in [1.807, 2.05) is 6.07 Å². The first kappa shape index (κ1) is 12.0. The van der Waals surface area contributed by atoms with Crippen LogP contribution in [0.5, 0.6) is 5.75 Å². The van der Waals surface area contributed by atoms with Crippen LogP contribution in [0.25, 0.3) is 0 Å². The van der Waals surface area contributed by atoms with Gasteiger partial charge in [0, 0.05) is 19.0 Å². The monoisotopic (exact) mass is 311 g/mol. The number of carbonyl (C=O) groups is 1. The second kappa shape index (κ2) is 4.55. The van der Waals surface area contributed by atoms with Gasteiger partial charge in [0.05, 0.1) is 17.0 Å². The Labute approximate surface area is 113 Å². The standard InChI is InChI=1S/C13H14BrNO3/c14-10-4-8(3-7-1-2-18-12(7)10)11-5-9(6-15-11)13(16)17/h3-4,9,11,15H,1-2,5-6H2,(H,16,17). The van der Waals surface area contributed by atoms with E-state index in [2.05, 4.69) is 27.3 Å². The van der Waals surface area contributed by atoms with Crippen LogP contribution in [0.1, 0.15) is 23.6 Å². The number of carboxylic acid groups (broad SMARTS) is 1. The summed E-state index contributed by atoms with van der Waals surface area (Å²) in [5.41, 5.74) is 2.36. The second-order valence-electron chi connectivity index (χ2n) is 4.82. The Morgan fingerprint density at radius 1 is 1.50 bits per heavy atom. The molecule has 0 radical (unpaired) electrons. The number of carboxylic acids is 1. The lowest BCUT2D eigenvalue weighted by Crippen LogP contribution is -2.17. The number of benzene rings is 1. The molecule has 2 aliphatic heterocycles. The first-order chi connectivity index (χ1) is 8.65. The number of fused-ring (bicyclic) bond motifs is 1. The summed E-state index contributed by atoms with van der Waals surface area (Å²) < 4.78 is 6.51. The van der Waals surface area contributed by atoms with Gasteiger partial charge in [-0.1, -0.05) is 6.07 Å². The third-order valence-electron chi connectivity index (χ3n) is 3.64. The number of aliphatic carboxylic acids is 1. The molecule has 96 valence electrons. The number of halogens is 1. The Balaban J connectivity index is 1.86. The van der Waals surface area contributed by atoms with E-state index in [1.165, 1.54) is 5.56 Å². The Hall–Kier alpha value is -1.07. The van der Waals surface area contributed by atoms with E-state index < -0.39 is 5.97 Å². The summed E-state index contributed by atoms with van der Waals surface area (Å²) in [6, 6.07) is 4.30. The topological polar surface area (TPSA) is 58.6 Å². The second-order valence-corrected chi connectivity index (χ2v) is 5.68. The summed E-state index contributed by atoms with van der Waals surface area (Å²) in [6.45, 7) is 1.28. The van der Waals surface area contributed by atoms with Crippen LogP contribution in [0.15, 0.2) is 16.6 Å². The van der Waals surface area contributed by atoms with Gasteiger partial charge in [-0.2, -0.15) is 0 Å². The van der Waals surface area contributed by atoms with Crippen LogP contribution >= 0.6 is 15.9 Å². The van der Waals surface area contributed by atoms with Gasteiger partial charge in [0.1, 0.15) is 5.75 Å². The molecule has 18 heavy (non-hydrogen) atoms. The van der Waals surface area contributed by atoms with Crippen LogP contribution in [-0.4, -0.2) is 24.2 Å². The lowest BCUT2D eigenvalue weighted by atomic mass is 9.98. The normalized spacial score (nSPS) is 25.8. The van der Waals surface area contributed by atoms with Crippen molar-refractivity contribution in [3.8, 4) is 5.75 Å². The van der Waals surface area contributed by atoms with E-state index in [0.29, 0.717) is 13.0 Å². The maximum Gasteiger partial charge on any atom is 0.307 e. The summed E-state index contributed by atoms with van der Waals surface area (Å²) in [5.74, 6) is -0.0571. The molecule has 1 aromatic rings. The molecule has 0 spiro atoms. The van der Waals surface area contributed by atoms with Gasteiger partial charge in [-0.15, -0.1) is 0 Å². The molecule has 5 heteroatoms. The fourth-order valence-corrected chi connectivity index (χ4v) is 3.30. The van der Waals surface area contributed by atoms with Crippen molar-refractivity contribution in [1.82, 2.24) is 5.32 Å². The minimum Gasteiger partial charge on any atom is -0.492 e. The first-order valence-corrected chi connectivity index (χ1v) is 6.86. The highest BCUT2D eigenvalue weighted by Gasteiger charge is 2.31. The Morgan fingerprint density at radius 2 is 2.33 bits per heavy atom. The van der Waals surface area contributed by atoms with Gasteiger partial charge in [0.25, 0.3) is 0 Å². The third-order valence-corrected chi connectivity index (χ3v) is 4.23. The molecule has 0 aromatic heterocycles. The average Bonchev–Trinajstić information content (AvgIpc) is 2.97. The van der Waals surface area contributed by atoms with Gasteiger partial charge in [-0.05, 0) is 39.5 Å². The van der Waals surface area contributed by atoms with Gasteiger partial charge in [0.2, 0.25) is 0 Å². The third kappa shape index (κ3) is 2.01. The zero-order valence-electron chi connectivity index (χ0n) is 9.78. The molecule has 1 saturated heterocycles. The number of rotatable bonds is 2. The number of ether oxygens (including phenoxy) is 1. The zero-order chi connectivity index (χ0) is 12.7. The van der Waals surface area contributed by atoms with Gasteiger partial charge in [0.15, 0.2) is 0 Å². The van der Waals surface area contributed by atoms with Crippen LogP contribution in [-0.2, 0) is 11.2 Å². The molecule has 2 N–H and O–H groups in total. The zero-order valence-corrected chi connectivity index (χ0v) is 11.4. The van der Waals surface area contributed by atoms with E-state index in [1.54, 1.807) is 0 Å². The molecule has 0 saturated carbocycles. The summed E-state index contributed by atoms with van der Waals surface area (Å²) in [5, 5.41) is 12.3. The lowest BCUT2D eigenvalue weighted by Gasteiger charge is -2.13. The van der Waals surface area contributed by atoms with Gasteiger partial charge in [-0.25, -0.2) is 0 Å². The van der Waals surface area contributed by atoms with Crippen LogP contribution in [0.3, 0.4) is 0 Å². The maximum absolute atomic E-state index is 11.0. The van der Waals surface area contributed by atoms with Crippen molar-refractivity contribution in [3.63, 3.8) is 0 Å². The fraction of sp³-hybridized carbons (Fsp3) is 0.462. The maximum atomic E-state index is 11.0. The summed E-state index contributed by atoms with van der Waals surface area (Å²) in [6.07, 6.45) is 1.58. The van der Waals surface area contributed by atoms with Crippen molar-refractivity contribution in [2.45, 2.75) is 18.9 Å². The highest BCUT2D eigenvalue weighted by atomic mass is 79.9. The number of hydrogen-bond donors (Lipinski definition) is 2. The van der Waals surface area contributed by atoms with Gasteiger partial charge >= 0.3 is 5.97 Å². The van der Waals surface area contributed by atoms with Crippen LogP contribution < -0.4 is 10.1 Å². The smallest absolute Gasteiger partial charge is 0.307 e. The van der Waals surface area contributed by atoms with Crippen LogP contribution in [0.4, 0.5) is 0 Å². The SMILES string of the molecule is O=C(O)C1CNC(c2cc(Br)c3c(c2)CCO3)C1. The summed E-state index contributed by atoms with van der Waals surface area (Å²) in [4.78, 5) is 11.0. The Bertz CT molecular complexity index is 503. The molecule has 4 nitrogen and oxygen atoms in total. The van der Waals surface area contributed by atoms with Crippen molar-refractivity contribution in [3.05, 3.63) is 27.7 Å². The average molecular weight is 312 g/mol. The van der Waals surface area contributed by atoms with E-state index in [-0.39, 0.29) is 12.0 Å². The Kier molecular flexibility index (Phi) is 3.03. The molecule has 2 atom stereocenters. The predicted molar refractivity (Wildman–Crippen MR) is 69.8 cm³/mol. The van der Waals surface area contributed by atoms with Crippen molar-refractivity contribution in [2.24, 2.45) is 5.92 Å². The molecular formula is C13H14BrNO3. The van der Waals surface area contributed by atoms with E-state index >= 15 is 0 Å². The van der Waals surface area contributed by atoms with Crippen LogP contribution in [0, 0.1) is 5.92 Å². The molecule has 2 aliphatic rings. The molecule has 0 bridgehead atoms. The molecule has 2 unspecified atom stereocenters. The van der Waals surface area contributed by atoms with E-state index in [0.717, 1.165) is 28.8 Å². The molecule has 1 aromatic carbocycles. The van der Waals surface area contributed by atoms with Crippen molar-refractivity contribution < 1.29 is 14.6 Å². The highest BCUT2D eigenvalue weighted by Crippen LogP contribution is 2.38.